The zero-order valence-corrected chi connectivity index (χ0v) is 11.4. The lowest BCUT2D eigenvalue weighted by Crippen LogP contribution is -2.32. The van der Waals surface area contributed by atoms with Crippen molar-refractivity contribution in [3.8, 4) is 0 Å². The Hall–Kier alpha value is -1.15. The molecule has 0 aromatic rings. The molecule has 0 aromatic heterocycles. The average molecular weight is 249 g/mol. The normalized spacial score (nSPS) is 28.5. The smallest absolute Gasteiger partial charge is 0.0847 e. The fourth-order valence-corrected chi connectivity index (χ4v) is 2.54. The molecule has 2 aliphatic rings. The Bertz CT molecular complexity index is 520. The average Bonchev–Trinajstić information content (AvgIpc) is 2.28. The summed E-state index contributed by atoms with van der Waals surface area (Å²) in [7, 11) is 0. The minimum atomic E-state index is -0.162. The van der Waals surface area contributed by atoms with Crippen molar-refractivity contribution >= 4 is 23.0 Å². The quantitative estimate of drug-likeness (QED) is 0.681. The van der Waals surface area contributed by atoms with Crippen LogP contribution in [0.4, 0.5) is 0 Å². The van der Waals surface area contributed by atoms with Crippen molar-refractivity contribution in [1.82, 2.24) is 0 Å². The number of fused-ring (bicyclic) bond motifs is 1. The minimum absolute atomic E-state index is 0.162. The van der Waals surface area contributed by atoms with Crippen LogP contribution in [0.25, 0.3) is 0 Å². The molecule has 1 aliphatic carbocycles. The lowest BCUT2D eigenvalue weighted by Gasteiger charge is -2.34. The van der Waals surface area contributed by atoms with E-state index in [4.69, 9.17) is 22.0 Å². The van der Waals surface area contributed by atoms with Gasteiger partial charge in [-0.15, -0.1) is 0 Å². The van der Waals surface area contributed by atoms with E-state index in [1.165, 1.54) is 11.1 Å². The topological polar surface area (TPSA) is 36.2 Å². The highest BCUT2D eigenvalue weighted by molar-refractivity contribution is 6.50. The number of nitrogens with one attached hydrogen (secondary N) is 1. The van der Waals surface area contributed by atoms with Gasteiger partial charge < -0.3 is 5.41 Å². The lowest BCUT2D eigenvalue weighted by molar-refractivity contribution is 0.525. The molecule has 0 radical (unpaired) electrons. The second-order valence-corrected chi connectivity index (χ2v) is 5.25. The first-order chi connectivity index (χ1) is 7.89. The third-order valence-electron chi connectivity index (χ3n) is 3.88. The van der Waals surface area contributed by atoms with E-state index in [0.717, 1.165) is 17.7 Å². The molecule has 1 atom stereocenters. The highest BCUT2D eigenvalue weighted by Gasteiger charge is 2.33. The molecular weight excluding hydrogens is 232 g/mol. The van der Waals surface area contributed by atoms with Gasteiger partial charge >= 0.3 is 0 Å². The monoisotopic (exact) mass is 248 g/mol. The molecular formula is C14H17ClN2. The molecule has 0 fully saturated rings. The van der Waals surface area contributed by atoms with Crippen molar-refractivity contribution in [1.29, 1.82) is 5.41 Å². The number of hydrogen-bond acceptors (Lipinski definition) is 2. The van der Waals surface area contributed by atoms with Crippen molar-refractivity contribution in [2.75, 3.05) is 0 Å². The van der Waals surface area contributed by atoms with Crippen LogP contribution in [0.5, 0.6) is 0 Å². The number of nitrogens with zero attached hydrogens (tertiary/aromatic N) is 1. The molecule has 1 heterocycles. The highest BCUT2D eigenvalue weighted by Crippen LogP contribution is 2.38. The molecule has 2 nitrogen and oxygen atoms in total. The molecule has 2 rings (SSSR count). The van der Waals surface area contributed by atoms with Crippen LogP contribution < -0.4 is 0 Å². The predicted octanol–water partition coefficient (Wildman–Crippen LogP) is 4.03. The van der Waals surface area contributed by atoms with E-state index in [1.54, 1.807) is 6.08 Å². The predicted molar refractivity (Wildman–Crippen MR) is 74.3 cm³/mol. The van der Waals surface area contributed by atoms with Gasteiger partial charge in [-0.2, -0.15) is 0 Å². The Morgan fingerprint density at radius 1 is 1.35 bits per heavy atom. The van der Waals surface area contributed by atoms with E-state index in [1.807, 2.05) is 6.08 Å². The number of allylic oxidation sites excluding steroid dienone is 5. The molecule has 0 spiro atoms. The second kappa shape index (κ2) is 3.95. The summed E-state index contributed by atoms with van der Waals surface area (Å²) >= 11 is 6.21. The van der Waals surface area contributed by atoms with Crippen LogP contribution >= 0.6 is 11.6 Å². The largest absolute Gasteiger partial charge is 0.301 e. The molecule has 3 heteroatoms. The molecule has 17 heavy (non-hydrogen) atoms. The third kappa shape index (κ3) is 1.81. The van der Waals surface area contributed by atoms with Crippen molar-refractivity contribution in [2.24, 2.45) is 4.99 Å². The Balaban J connectivity index is 2.65. The van der Waals surface area contributed by atoms with Crippen molar-refractivity contribution in [2.45, 2.75) is 39.7 Å². The van der Waals surface area contributed by atoms with Crippen LogP contribution in [-0.4, -0.2) is 17.0 Å². The van der Waals surface area contributed by atoms with Gasteiger partial charge in [-0.1, -0.05) is 18.5 Å². The van der Waals surface area contributed by atoms with Crippen molar-refractivity contribution in [3.63, 3.8) is 0 Å². The number of dihydropyridines is 1. The molecule has 1 aliphatic heterocycles. The summed E-state index contributed by atoms with van der Waals surface area (Å²) < 4.78 is 0. The van der Waals surface area contributed by atoms with Gasteiger partial charge in [0, 0.05) is 5.57 Å². The van der Waals surface area contributed by atoms with E-state index < -0.39 is 0 Å². The number of halogens is 1. The van der Waals surface area contributed by atoms with Gasteiger partial charge in [-0.25, -0.2) is 0 Å². The first kappa shape index (κ1) is 12.3. The van der Waals surface area contributed by atoms with Gasteiger partial charge in [0.2, 0.25) is 0 Å². The molecule has 1 N–H and O–H groups in total. The summed E-state index contributed by atoms with van der Waals surface area (Å²) in [5.74, 6) is 0. The van der Waals surface area contributed by atoms with Gasteiger partial charge in [-0.3, -0.25) is 4.99 Å². The number of aliphatic imine (C=N–C) groups is 1. The second-order valence-electron chi connectivity index (χ2n) is 4.84. The van der Waals surface area contributed by atoms with Crippen LogP contribution in [-0.2, 0) is 0 Å². The summed E-state index contributed by atoms with van der Waals surface area (Å²) in [6.45, 7) is 8.49. The first-order valence-corrected chi connectivity index (χ1v) is 6.23. The van der Waals surface area contributed by atoms with Gasteiger partial charge in [-0.05, 0) is 50.5 Å². The Labute approximate surface area is 107 Å². The van der Waals surface area contributed by atoms with Gasteiger partial charge in [0.1, 0.15) is 0 Å². The maximum absolute atomic E-state index is 7.73. The summed E-state index contributed by atoms with van der Waals surface area (Å²) in [4.78, 5) is 4.79. The fraction of sp³-hybridized carbons (Fsp3) is 0.429. The van der Waals surface area contributed by atoms with Crippen LogP contribution in [0.2, 0.25) is 0 Å². The zero-order chi connectivity index (χ0) is 12.8. The Morgan fingerprint density at radius 3 is 2.59 bits per heavy atom. The van der Waals surface area contributed by atoms with Crippen LogP contribution in [0.1, 0.15) is 34.1 Å². The maximum atomic E-state index is 7.73. The van der Waals surface area contributed by atoms with E-state index in [0.29, 0.717) is 10.7 Å². The van der Waals surface area contributed by atoms with Gasteiger partial charge in [0.25, 0.3) is 0 Å². The third-order valence-corrected chi connectivity index (χ3v) is 4.17. The molecule has 90 valence electrons. The molecule has 0 aromatic carbocycles. The standard InChI is InChI=1S/C14H17ClN2/c1-5-14(4)9(3)8(2)11-6-10(16)7-12(15)13(11)17-14/h6-7,16H,5H2,1-4H3. The van der Waals surface area contributed by atoms with Crippen LogP contribution in [0.3, 0.4) is 0 Å². The summed E-state index contributed by atoms with van der Waals surface area (Å²) in [6.07, 6.45) is 4.46. The molecule has 0 saturated carbocycles. The highest BCUT2D eigenvalue weighted by atomic mass is 35.5. The van der Waals surface area contributed by atoms with Crippen LogP contribution in [0.15, 0.2) is 38.9 Å². The summed E-state index contributed by atoms with van der Waals surface area (Å²) in [5.41, 5.74) is 4.60. The molecule has 1 unspecified atom stereocenters. The fourth-order valence-electron chi connectivity index (χ4n) is 2.28. The first-order valence-electron chi connectivity index (χ1n) is 5.85. The summed E-state index contributed by atoms with van der Waals surface area (Å²) in [5, 5.41) is 8.31. The van der Waals surface area contributed by atoms with Crippen molar-refractivity contribution < 1.29 is 0 Å². The number of rotatable bonds is 1. The lowest BCUT2D eigenvalue weighted by atomic mass is 9.79. The van der Waals surface area contributed by atoms with Gasteiger partial charge in [0.05, 0.1) is 22.0 Å². The van der Waals surface area contributed by atoms with E-state index in [2.05, 4.69) is 27.7 Å². The molecule has 0 saturated heterocycles. The molecule has 0 amide bonds. The van der Waals surface area contributed by atoms with Crippen LogP contribution in [0, 0.1) is 5.41 Å². The molecule has 0 bridgehead atoms. The SMILES string of the molecule is CCC1(C)N=C2C(Cl)=CC(=N)C=C2C(C)=C1C. The Morgan fingerprint density at radius 2 is 2.00 bits per heavy atom. The van der Waals surface area contributed by atoms with Gasteiger partial charge in [0.15, 0.2) is 0 Å². The van der Waals surface area contributed by atoms with E-state index >= 15 is 0 Å². The maximum Gasteiger partial charge on any atom is 0.0847 e. The van der Waals surface area contributed by atoms with E-state index in [9.17, 15) is 0 Å². The summed E-state index contributed by atoms with van der Waals surface area (Å²) in [6, 6.07) is 0. The minimum Gasteiger partial charge on any atom is -0.301 e. The number of hydrogen-bond donors (Lipinski definition) is 1. The zero-order valence-electron chi connectivity index (χ0n) is 10.7. The van der Waals surface area contributed by atoms with E-state index in [-0.39, 0.29) is 5.54 Å². The van der Waals surface area contributed by atoms with Crippen molar-refractivity contribution in [3.05, 3.63) is 33.9 Å². The Kier molecular flexibility index (Phi) is 2.86.